The van der Waals surface area contributed by atoms with Crippen LogP contribution in [0, 0.1) is 19.3 Å². The fourth-order valence-electron chi connectivity index (χ4n) is 2.05. The number of hydrogen-bond acceptors (Lipinski definition) is 1. The highest BCUT2D eigenvalue weighted by Gasteiger charge is 2.45. The number of aliphatic imine (C=N–C) groups is 1. The van der Waals surface area contributed by atoms with Gasteiger partial charge in [0.15, 0.2) is 5.96 Å². The number of hydrogen-bond donors (Lipinski definition) is 2. The maximum absolute atomic E-state index is 5.91. The molecule has 0 bridgehead atoms. The molecule has 100 valence electrons. The third kappa shape index (κ3) is 3.86. The van der Waals surface area contributed by atoms with Crippen LogP contribution >= 0.6 is 24.0 Å². The Kier molecular flexibility index (Phi) is 4.64. The normalized spacial score (nSPS) is 21.1. The van der Waals surface area contributed by atoms with Crippen LogP contribution in [0.25, 0.3) is 0 Å². The highest BCUT2D eigenvalue weighted by Crippen LogP contribution is 2.47. The van der Waals surface area contributed by atoms with E-state index in [2.05, 4.69) is 56.2 Å². The summed E-state index contributed by atoms with van der Waals surface area (Å²) in [5.41, 5.74) is 9.71. The molecule has 1 unspecified atom stereocenters. The zero-order valence-corrected chi connectivity index (χ0v) is 13.8. The molecule has 2 rings (SSSR count). The second-order valence-corrected chi connectivity index (χ2v) is 5.72. The number of nitrogens with two attached hydrogens (primary N) is 1. The SMILES string of the molecule is Cc1cc(C)cc(NC(N)=NC2CC2(C)C)c1.I. The van der Waals surface area contributed by atoms with Crippen molar-refractivity contribution in [3.05, 3.63) is 29.3 Å². The van der Waals surface area contributed by atoms with E-state index in [9.17, 15) is 0 Å². The second-order valence-electron chi connectivity index (χ2n) is 5.72. The summed E-state index contributed by atoms with van der Waals surface area (Å²) in [5, 5.41) is 3.16. The van der Waals surface area contributed by atoms with Crippen LogP contribution in [0.3, 0.4) is 0 Å². The van der Waals surface area contributed by atoms with E-state index in [1.807, 2.05) is 0 Å². The largest absolute Gasteiger partial charge is 0.370 e. The molecule has 4 heteroatoms. The van der Waals surface area contributed by atoms with Gasteiger partial charge in [0.1, 0.15) is 0 Å². The number of rotatable bonds is 2. The molecule has 3 nitrogen and oxygen atoms in total. The fourth-order valence-corrected chi connectivity index (χ4v) is 2.05. The lowest BCUT2D eigenvalue weighted by Gasteiger charge is -2.08. The van der Waals surface area contributed by atoms with Gasteiger partial charge < -0.3 is 11.1 Å². The van der Waals surface area contributed by atoms with E-state index in [4.69, 9.17) is 5.73 Å². The summed E-state index contributed by atoms with van der Waals surface area (Å²) < 4.78 is 0. The zero-order chi connectivity index (χ0) is 12.6. The molecule has 0 amide bonds. The minimum absolute atomic E-state index is 0. The Morgan fingerprint density at radius 3 is 2.22 bits per heavy atom. The number of guanidine groups is 1. The van der Waals surface area contributed by atoms with Gasteiger partial charge in [-0.15, -0.1) is 24.0 Å². The van der Waals surface area contributed by atoms with Gasteiger partial charge in [0, 0.05) is 5.69 Å². The van der Waals surface area contributed by atoms with Crippen molar-refractivity contribution in [1.82, 2.24) is 0 Å². The average molecular weight is 359 g/mol. The summed E-state index contributed by atoms with van der Waals surface area (Å²) in [4.78, 5) is 4.48. The van der Waals surface area contributed by atoms with Gasteiger partial charge in [0.25, 0.3) is 0 Å². The third-order valence-corrected chi connectivity index (χ3v) is 3.25. The van der Waals surface area contributed by atoms with Gasteiger partial charge in [-0.05, 0) is 48.9 Å². The average Bonchev–Trinajstić information content (AvgIpc) is 2.70. The predicted octanol–water partition coefficient (Wildman–Crippen LogP) is 3.45. The summed E-state index contributed by atoms with van der Waals surface area (Å²) in [6.45, 7) is 8.58. The van der Waals surface area contributed by atoms with Gasteiger partial charge in [0.05, 0.1) is 6.04 Å². The van der Waals surface area contributed by atoms with Crippen LogP contribution < -0.4 is 11.1 Å². The highest BCUT2D eigenvalue weighted by molar-refractivity contribution is 14.0. The van der Waals surface area contributed by atoms with Crippen molar-refractivity contribution in [2.45, 2.75) is 40.2 Å². The molecule has 1 saturated carbocycles. The topological polar surface area (TPSA) is 50.4 Å². The Balaban J connectivity index is 0.00000162. The Labute approximate surface area is 126 Å². The molecule has 0 heterocycles. The van der Waals surface area contributed by atoms with Gasteiger partial charge in [-0.25, -0.2) is 4.99 Å². The zero-order valence-electron chi connectivity index (χ0n) is 11.4. The first kappa shape index (κ1) is 15.3. The molecule has 1 aromatic rings. The molecule has 0 aliphatic heterocycles. The maximum atomic E-state index is 5.91. The van der Waals surface area contributed by atoms with Crippen LogP contribution in [0.1, 0.15) is 31.4 Å². The molecule has 1 aliphatic carbocycles. The molecule has 1 aliphatic rings. The van der Waals surface area contributed by atoms with Crippen molar-refractivity contribution >= 4 is 35.6 Å². The summed E-state index contributed by atoms with van der Waals surface area (Å²) in [6, 6.07) is 6.67. The van der Waals surface area contributed by atoms with E-state index in [-0.39, 0.29) is 24.0 Å². The van der Waals surface area contributed by atoms with Crippen LogP contribution in [-0.4, -0.2) is 12.0 Å². The maximum Gasteiger partial charge on any atom is 0.193 e. The monoisotopic (exact) mass is 359 g/mol. The van der Waals surface area contributed by atoms with E-state index in [1.165, 1.54) is 11.1 Å². The van der Waals surface area contributed by atoms with Crippen LogP contribution in [0.5, 0.6) is 0 Å². The molecular weight excluding hydrogens is 337 g/mol. The van der Waals surface area contributed by atoms with E-state index in [0.29, 0.717) is 17.4 Å². The number of halogens is 1. The van der Waals surface area contributed by atoms with Crippen LogP contribution in [0.15, 0.2) is 23.2 Å². The standard InChI is InChI=1S/C14H21N3.HI/c1-9-5-10(2)7-11(6-9)16-13(15)17-12-8-14(12,3)4;/h5-7,12H,8H2,1-4H3,(H3,15,16,17);1H. The number of benzene rings is 1. The Morgan fingerprint density at radius 1 is 1.28 bits per heavy atom. The Morgan fingerprint density at radius 2 is 1.78 bits per heavy atom. The summed E-state index contributed by atoms with van der Waals surface area (Å²) in [7, 11) is 0. The molecule has 1 atom stereocenters. The van der Waals surface area contributed by atoms with Gasteiger partial charge in [0.2, 0.25) is 0 Å². The molecule has 0 aromatic heterocycles. The number of nitrogens with one attached hydrogen (secondary N) is 1. The van der Waals surface area contributed by atoms with Crippen molar-refractivity contribution in [2.24, 2.45) is 16.1 Å². The molecule has 0 saturated heterocycles. The van der Waals surface area contributed by atoms with Gasteiger partial charge in [-0.1, -0.05) is 19.9 Å². The van der Waals surface area contributed by atoms with Crippen molar-refractivity contribution in [2.75, 3.05) is 5.32 Å². The van der Waals surface area contributed by atoms with Crippen molar-refractivity contribution in [3.8, 4) is 0 Å². The number of anilines is 1. The molecule has 1 aromatic carbocycles. The summed E-state index contributed by atoms with van der Waals surface area (Å²) in [5.74, 6) is 0.519. The first-order valence-electron chi connectivity index (χ1n) is 6.05. The van der Waals surface area contributed by atoms with Crippen LogP contribution in [0.4, 0.5) is 5.69 Å². The molecule has 18 heavy (non-hydrogen) atoms. The van der Waals surface area contributed by atoms with Gasteiger partial charge in [-0.2, -0.15) is 0 Å². The number of nitrogens with zero attached hydrogens (tertiary/aromatic N) is 1. The van der Waals surface area contributed by atoms with E-state index in [1.54, 1.807) is 0 Å². The minimum atomic E-state index is 0. The lowest BCUT2D eigenvalue weighted by molar-refractivity contribution is 0.618. The van der Waals surface area contributed by atoms with Gasteiger partial charge in [-0.3, -0.25) is 0 Å². The van der Waals surface area contributed by atoms with Crippen LogP contribution in [0.2, 0.25) is 0 Å². The summed E-state index contributed by atoms with van der Waals surface area (Å²) >= 11 is 0. The first-order chi connectivity index (χ1) is 7.87. The molecule has 1 fully saturated rings. The lowest BCUT2D eigenvalue weighted by atomic mass is 10.1. The van der Waals surface area contributed by atoms with Crippen molar-refractivity contribution in [3.63, 3.8) is 0 Å². The molecule has 0 spiro atoms. The molecule has 3 N–H and O–H groups in total. The van der Waals surface area contributed by atoms with E-state index < -0.39 is 0 Å². The smallest absolute Gasteiger partial charge is 0.193 e. The molecule has 0 radical (unpaired) electrons. The number of aryl methyl sites for hydroxylation is 2. The second kappa shape index (κ2) is 5.47. The molecular formula is C14H22IN3. The van der Waals surface area contributed by atoms with Gasteiger partial charge >= 0.3 is 0 Å². The van der Waals surface area contributed by atoms with Crippen molar-refractivity contribution < 1.29 is 0 Å². The highest BCUT2D eigenvalue weighted by atomic mass is 127. The van der Waals surface area contributed by atoms with Crippen LogP contribution in [-0.2, 0) is 0 Å². The predicted molar refractivity (Wildman–Crippen MR) is 88.8 cm³/mol. The van der Waals surface area contributed by atoms with Crippen molar-refractivity contribution in [1.29, 1.82) is 0 Å². The lowest BCUT2D eigenvalue weighted by Crippen LogP contribution is -2.23. The Bertz CT molecular complexity index is 446. The Hall–Kier alpha value is -0.780. The fraction of sp³-hybridized carbons (Fsp3) is 0.500. The summed E-state index contributed by atoms with van der Waals surface area (Å²) in [6.07, 6.45) is 1.13. The quantitative estimate of drug-likeness (QED) is 0.483. The van der Waals surface area contributed by atoms with E-state index >= 15 is 0 Å². The van der Waals surface area contributed by atoms with E-state index in [0.717, 1.165) is 12.1 Å². The third-order valence-electron chi connectivity index (χ3n) is 3.25. The minimum Gasteiger partial charge on any atom is -0.370 e. The first-order valence-corrected chi connectivity index (χ1v) is 6.05.